The van der Waals surface area contributed by atoms with Gasteiger partial charge in [0.15, 0.2) is 5.76 Å². The monoisotopic (exact) mass is 452 g/mol. The van der Waals surface area contributed by atoms with E-state index in [4.69, 9.17) is 13.7 Å². The van der Waals surface area contributed by atoms with Crippen LogP contribution in [0.3, 0.4) is 0 Å². The van der Waals surface area contributed by atoms with Gasteiger partial charge in [-0.2, -0.15) is 0 Å². The van der Waals surface area contributed by atoms with E-state index in [2.05, 4.69) is 20.8 Å². The second-order valence-electron chi connectivity index (χ2n) is 8.25. The normalized spacial score (nSPS) is 11.4. The first-order valence-corrected chi connectivity index (χ1v) is 10.0. The molecule has 9 nitrogen and oxygen atoms in total. The van der Waals surface area contributed by atoms with E-state index in [1.807, 2.05) is 0 Å². The molecule has 0 fully saturated rings. The number of aromatic nitrogens is 2. The molecule has 3 aromatic heterocycles. The first kappa shape index (κ1) is 22.0. The van der Waals surface area contributed by atoms with Gasteiger partial charge in [0, 0.05) is 0 Å². The van der Waals surface area contributed by atoms with E-state index < -0.39 is 23.4 Å². The minimum absolute atomic E-state index is 0.0458. The van der Waals surface area contributed by atoms with Gasteiger partial charge in [0.05, 0.1) is 34.3 Å². The van der Waals surface area contributed by atoms with Crippen LogP contribution in [0.25, 0.3) is 22.6 Å². The minimum atomic E-state index is -0.745. The van der Waals surface area contributed by atoms with Gasteiger partial charge in [0.1, 0.15) is 17.1 Å². The van der Waals surface area contributed by atoms with Crippen LogP contribution < -0.4 is 10.6 Å². The average Bonchev–Trinajstić information content (AvgIpc) is 3.38. The molecule has 4 rings (SSSR count). The van der Waals surface area contributed by atoms with E-state index in [0.29, 0.717) is 22.5 Å². The van der Waals surface area contributed by atoms with Crippen LogP contribution >= 0.6 is 0 Å². The summed E-state index contributed by atoms with van der Waals surface area (Å²) in [5, 5.41) is 9.46. The highest BCUT2D eigenvalue weighted by molar-refractivity contribution is 6.14. The fourth-order valence-corrected chi connectivity index (χ4v) is 3.16. The number of nitrogens with zero attached hydrogens (tertiary/aromatic N) is 2. The minimum Gasteiger partial charge on any atom is -0.463 e. The van der Waals surface area contributed by atoms with Gasteiger partial charge in [-0.3, -0.25) is 10.1 Å². The van der Waals surface area contributed by atoms with Gasteiger partial charge in [0.25, 0.3) is 11.6 Å². The van der Waals surface area contributed by atoms with Gasteiger partial charge in [-0.05, 0) is 64.1 Å². The second kappa shape index (κ2) is 8.38. The lowest BCUT2D eigenvalue weighted by Crippen LogP contribution is -2.27. The molecule has 0 aliphatic heterocycles. The molecule has 2 N–H and O–H groups in total. The third kappa shape index (κ3) is 4.84. The molecule has 0 aliphatic rings. The van der Waals surface area contributed by atoms with E-state index in [-0.39, 0.29) is 22.7 Å². The molecular formula is C23H21FN4O5. The van der Waals surface area contributed by atoms with E-state index in [9.17, 15) is 14.0 Å². The summed E-state index contributed by atoms with van der Waals surface area (Å²) in [6, 6.07) is 8.49. The lowest BCUT2D eigenvalue weighted by atomic mass is 10.1. The first-order valence-electron chi connectivity index (χ1n) is 10.0. The molecule has 0 bridgehead atoms. The molecule has 0 atom stereocenters. The van der Waals surface area contributed by atoms with Crippen LogP contribution in [0.5, 0.6) is 0 Å². The summed E-state index contributed by atoms with van der Waals surface area (Å²) in [6.45, 7) is 6.82. The van der Waals surface area contributed by atoms with Crippen molar-refractivity contribution in [1.82, 2.24) is 10.1 Å². The highest BCUT2D eigenvalue weighted by Gasteiger charge is 2.22. The summed E-state index contributed by atoms with van der Waals surface area (Å²) in [4.78, 5) is 29.8. The van der Waals surface area contributed by atoms with Crippen molar-refractivity contribution in [3.05, 3.63) is 59.7 Å². The first-order chi connectivity index (χ1) is 15.6. The van der Waals surface area contributed by atoms with Crippen LogP contribution in [0, 0.1) is 12.7 Å². The fourth-order valence-electron chi connectivity index (χ4n) is 3.16. The number of anilines is 2. The molecule has 0 spiro atoms. The molecule has 1 aromatic carbocycles. The summed E-state index contributed by atoms with van der Waals surface area (Å²) < 4.78 is 29.9. The molecule has 0 saturated carbocycles. The number of hydrogen-bond acceptors (Lipinski definition) is 7. The summed E-state index contributed by atoms with van der Waals surface area (Å²) in [5.41, 5.74) is 0.641. The van der Waals surface area contributed by atoms with Gasteiger partial charge in [-0.25, -0.2) is 14.2 Å². The molecule has 3 heterocycles. The quantitative estimate of drug-likeness (QED) is 0.418. The van der Waals surface area contributed by atoms with E-state index >= 15 is 0 Å². The molecule has 10 heteroatoms. The summed E-state index contributed by atoms with van der Waals surface area (Å²) >= 11 is 0. The lowest BCUT2D eigenvalue weighted by molar-refractivity contribution is 0.0635. The molecule has 0 aliphatic carbocycles. The van der Waals surface area contributed by atoms with Crippen LogP contribution in [0.4, 0.5) is 20.6 Å². The molecule has 0 saturated heterocycles. The summed E-state index contributed by atoms with van der Waals surface area (Å²) in [7, 11) is 0. The third-order valence-electron chi connectivity index (χ3n) is 4.50. The molecule has 0 radical (unpaired) electrons. The van der Waals surface area contributed by atoms with Gasteiger partial charge in [-0.15, -0.1) is 0 Å². The van der Waals surface area contributed by atoms with Crippen LogP contribution in [-0.4, -0.2) is 27.7 Å². The maximum Gasteiger partial charge on any atom is 0.412 e. The highest BCUT2D eigenvalue weighted by Crippen LogP contribution is 2.29. The van der Waals surface area contributed by atoms with E-state index in [1.54, 1.807) is 39.8 Å². The van der Waals surface area contributed by atoms with Crippen molar-refractivity contribution in [2.24, 2.45) is 0 Å². The molecule has 4 aromatic rings. The highest BCUT2D eigenvalue weighted by atomic mass is 19.1. The number of halogens is 1. The van der Waals surface area contributed by atoms with Crippen LogP contribution in [0.1, 0.15) is 36.8 Å². The van der Waals surface area contributed by atoms with Gasteiger partial charge in [-0.1, -0.05) is 5.16 Å². The molecule has 33 heavy (non-hydrogen) atoms. The van der Waals surface area contributed by atoms with Gasteiger partial charge in [0.2, 0.25) is 0 Å². The standard InChI is InChI=1S/C23H21FN4O5/c1-12-19-14(11-17(18-6-5-9-31-18)26-21(19)33-28-12)20(29)25-16-10-13(24)7-8-15(16)27-22(30)32-23(2,3)4/h5-11H,1-4H3,(H,25,29)(H,27,30). The Morgan fingerprint density at radius 3 is 2.58 bits per heavy atom. The fraction of sp³-hybridized carbons (Fsp3) is 0.217. The molecule has 2 amide bonds. The maximum atomic E-state index is 14.0. The van der Waals surface area contributed by atoms with Crippen molar-refractivity contribution in [2.75, 3.05) is 10.6 Å². The zero-order chi connectivity index (χ0) is 23.8. The number of fused-ring (bicyclic) bond motifs is 1. The number of amides is 2. The van der Waals surface area contributed by atoms with Crippen LogP contribution in [0.15, 0.2) is 51.6 Å². The molecule has 0 unspecified atom stereocenters. The zero-order valence-electron chi connectivity index (χ0n) is 18.4. The maximum absolute atomic E-state index is 14.0. The van der Waals surface area contributed by atoms with Gasteiger partial charge < -0.3 is 19.0 Å². The van der Waals surface area contributed by atoms with Crippen molar-refractivity contribution in [1.29, 1.82) is 0 Å². The number of pyridine rings is 1. The predicted octanol–water partition coefficient (Wildman–Crippen LogP) is 5.53. The number of nitrogens with one attached hydrogen (secondary N) is 2. The number of carbonyl (C=O) groups is 2. The van der Waals surface area contributed by atoms with Crippen molar-refractivity contribution in [3.8, 4) is 11.5 Å². The second-order valence-corrected chi connectivity index (χ2v) is 8.25. The Kier molecular flexibility index (Phi) is 5.59. The summed E-state index contributed by atoms with van der Waals surface area (Å²) in [6.07, 6.45) is 0.736. The number of ether oxygens (including phenoxy) is 1. The number of carbonyl (C=O) groups excluding carboxylic acids is 2. The Hall–Kier alpha value is -4.21. The number of rotatable bonds is 4. The molecular weight excluding hydrogens is 431 g/mol. The number of hydrogen-bond donors (Lipinski definition) is 2. The van der Waals surface area contributed by atoms with Crippen molar-refractivity contribution < 1.29 is 27.7 Å². The van der Waals surface area contributed by atoms with E-state index in [1.165, 1.54) is 18.4 Å². The number of benzene rings is 1. The zero-order valence-corrected chi connectivity index (χ0v) is 18.4. The number of aryl methyl sites for hydroxylation is 1. The van der Waals surface area contributed by atoms with E-state index in [0.717, 1.165) is 12.1 Å². The largest absolute Gasteiger partial charge is 0.463 e. The SMILES string of the molecule is Cc1noc2nc(-c3ccco3)cc(C(=O)Nc3cc(F)ccc3NC(=O)OC(C)(C)C)c12. The van der Waals surface area contributed by atoms with Crippen molar-refractivity contribution in [2.45, 2.75) is 33.3 Å². The smallest absolute Gasteiger partial charge is 0.412 e. The predicted molar refractivity (Wildman–Crippen MR) is 118 cm³/mol. The third-order valence-corrected chi connectivity index (χ3v) is 4.50. The Labute approximate surface area is 187 Å². The number of furan rings is 1. The Balaban J connectivity index is 1.70. The Bertz CT molecular complexity index is 1340. The summed E-state index contributed by atoms with van der Waals surface area (Å²) in [5.74, 6) is -0.755. The van der Waals surface area contributed by atoms with Crippen molar-refractivity contribution >= 4 is 34.5 Å². The Morgan fingerprint density at radius 1 is 1.09 bits per heavy atom. The Morgan fingerprint density at radius 2 is 1.88 bits per heavy atom. The topological polar surface area (TPSA) is 119 Å². The van der Waals surface area contributed by atoms with Crippen LogP contribution in [-0.2, 0) is 4.74 Å². The lowest BCUT2D eigenvalue weighted by Gasteiger charge is -2.20. The van der Waals surface area contributed by atoms with Gasteiger partial charge >= 0.3 is 6.09 Å². The average molecular weight is 452 g/mol. The van der Waals surface area contributed by atoms with Crippen molar-refractivity contribution in [3.63, 3.8) is 0 Å². The van der Waals surface area contributed by atoms with Crippen LogP contribution in [0.2, 0.25) is 0 Å². The molecule has 170 valence electrons.